The first-order chi connectivity index (χ1) is 11.6. The van der Waals surface area contributed by atoms with Crippen molar-refractivity contribution >= 4 is 11.9 Å². The van der Waals surface area contributed by atoms with Crippen LogP contribution in [0.1, 0.15) is 96.8 Å². The molecule has 0 bridgehead atoms. The summed E-state index contributed by atoms with van der Waals surface area (Å²) in [7, 11) is 0. The molecule has 0 atom stereocenters. The summed E-state index contributed by atoms with van der Waals surface area (Å²) in [6.45, 7) is 2.24. The molecule has 24 heavy (non-hydrogen) atoms. The van der Waals surface area contributed by atoms with Gasteiger partial charge in [0, 0.05) is 6.42 Å². The minimum absolute atomic E-state index is 0.110. The largest absolute Gasteiger partial charge is 0.480 e. The molecule has 0 aliphatic heterocycles. The molecule has 1 fully saturated rings. The molecule has 1 aliphatic rings. The van der Waals surface area contributed by atoms with Gasteiger partial charge in [-0.15, -0.1) is 0 Å². The Hall–Kier alpha value is -1.32. The minimum Gasteiger partial charge on any atom is -0.480 e. The van der Waals surface area contributed by atoms with Crippen LogP contribution in [-0.4, -0.2) is 22.5 Å². The topological polar surface area (TPSA) is 66.4 Å². The molecule has 1 rings (SSSR count). The van der Waals surface area contributed by atoms with Crippen molar-refractivity contribution in [2.45, 2.75) is 102 Å². The summed E-state index contributed by atoms with van der Waals surface area (Å²) in [6.07, 6.45) is 19.4. The van der Waals surface area contributed by atoms with E-state index in [0.717, 1.165) is 25.7 Å². The van der Waals surface area contributed by atoms with Gasteiger partial charge < -0.3 is 10.4 Å². The highest BCUT2D eigenvalue weighted by atomic mass is 16.4. The zero-order chi connectivity index (χ0) is 17.7. The van der Waals surface area contributed by atoms with Gasteiger partial charge in [0.15, 0.2) is 0 Å². The van der Waals surface area contributed by atoms with Gasteiger partial charge in [0.05, 0.1) is 0 Å². The number of carbonyl (C=O) groups is 2. The summed E-state index contributed by atoms with van der Waals surface area (Å²) in [5, 5.41) is 11.7. The maximum Gasteiger partial charge on any atom is 0.329 e. The molecule has 2 N–H and O–H groups in total. The molecule has 1 aliphatic carbocycles. The predicted molar refractivity (Wildman–Crippen MR) is 98.0 cm³/mol. The summed E-state index contributed by atoms with van der Waals surface area (Å²) in [5.74, 6) is -1.00. The van der Waals surface area contributed by atoms with Crippen LogP contribution < -0.4 is 5.32 Å². The van der Waals surface area contributed by atoms with Gasteiger partial charge in [-0.2, -0.15) is 0 Å². The van der Waals surface area contributed by atoms with Crippen LogP contribution in [0, 0.1) is 0 Å². The van der Waals surface area contributed by atoms with Gasteiger partial charge in [-0.25, -0.2) is 4.79 Å². The number of hydrogen-bond acceptors (Lipinski definition) is 2. The zero-order valence-corrected chi connectivity index (χ0v) is 15.3. The van der Waals surface area contributed by atoms with E-state index in [1.807, 2.05) is 0 Å². The van der Waals surface area contributed by atoms with Crippen LogP contribution >= 0.6 is 0 Å². The number of unbranched alkanes of at least 4 members (excludes halogenated alkanes) is 9. The second-order valence-corrected chi connectivity index (χ2v) is 7.06. The molecule has 0 saturated heterocycles. The number of nitrogens with one attached hydrogen (secondary N) is 1. The lowest BCUT2D eigenvalue weighted by Gasteiger charge is -2.12. The predicted octanol–water partition coefficient (Wildman–Crippen LogP) is 4.98. The highest BCUT2D eigenvalue weighted by Crippen LogP contribution is 2.35. The zero-order valence-electron chi connectivity index (χ0n) is 15.3. The van der Waals surface area contributed by atoms with Crippen LogP contribution in [0.15, 0.2) is 12.2 Å². The first kappa shape index (κ1) is 20.7. The van der Waals surface area contributed by atoms with Gasteiger partial charge in [0.2, 0.25) is 5.91 Å². The summed E-state index contributed by atoms with van der Waals surface area (Å²) in [4.78, 5) is 22.7. The summed E-state index contributed by atoms with van der Waals surface area (Å²) < 4.78 is 0. The standard InChI is InChI=1S/C20H35NO3/c1-2-3-4-5-6-7-8-9-10-11-12-13-14-15-18(22)21-20(16-17-20)19(23)24/h7-8H,2-6,9-17H2,1H3,(H,21,22)(H,23,24). The Balaban J connectivity index is 1.86. The quantitative estimate of drug-likeness (QED) is 0.327. The van der Waals surface area contributed by atoms with Crippen LogP contribution in [0.25, 0.3) is 0 Å². The second kappa shape index (κ2) is 12.1. The summed E-state index contributed by atoms with van der Waals surface area (Å²) in [6, 6.07) is 0. The molecule has 0 radical (unpaired) electrons. The van der Waals surface area contributed by atoms with Gasteiger partial charge in [0.1, 0.15) is 5.54 Å². The van der Waals surface area contributed by atoms with Crippen LogP contribution in [0.3, 0.4) is 0 Å². The Morgan fingerprint density at radius 1 is 0.917 bits per heavy atom. The van der Waals surface area contributed by atoms with E-state index in [-0.39, 0.29) is 5.91 Å². The molecule has 138 valence electrons. The van der Waals surface area contributed by atoms with Crippen molar-refractivity contribution in [2.24, 2.45) is 0 Å². The fraction of sp³-hybridized carbons (Fsp3) is 0.800. The third-order valence-electron chi connectivity index (χ3n) is 4.70. The highest BCUT2D eigenvalue weighted by molar-refractivity contribution is 5.89. The third kappa shape index (κ3) is 9.09. The molecule has 0 aromatic carbocycles. The van der Waals surface area contributed by atoms with Gasteiger partial charge in [-0.05, 0) is 44.9 Å². The van der Waals surface area contributed by atoms with Crippen LogP contribution in [0.4, 0.5) is 0 Å². The first-order valence-electron chi connectivity index (χ1n) is 9.80. The highest BCUT2D eigenvalue weighted by Gasteiger charge is 2.51. The van der Waals surface area contributed by atoms with Gasteiger partial charge in [-0.3, -0.25) is 4.79 Å². The van der Waals surface area contributed by atoms with Crippen molar-refractivity contribution < 1.29 is 14.7 Å². The molecular weight excluding hydrogens is 302 g/mol. The monoisotopic (exact) mass is 337 g/mol. The van der Waals surface area contributed by atoms with Crippen molar-refractivity contribution in [1.29, 1.82) is 0 Å². The number of carbonyl (C=O) groups excluding carboxylic acids is 1. The first-order valence-corrected chi connectivity index (χ1v) is 9.80. The number of carboxylic acid groups (broad SMARTS) is 1. The van der Waals surface area contributed by atoms with Crippen molar-refractivity contribution in [3.63, 3.8) is 0 Å². The van der Waals surface area contributed by atoms with E-state index in [1.165, 1.54) is 44.9 Å². The molecule has 1 amide bonds. The normalized spacial score (nSPS) is 15.5. The number of amides is 1. The van der Waals surface area contributed by atoms with Gasteiger partial charge >= 0.3 is 5.97 Å². The van der Waals surface area contributed by atoms with Crippen LogP contribution in [-0.2, 0) is 9.59 Å². The molecule has 0 heterocycles. The Morgan fingerprint density at radius 2 is 1.46 bits per heavy atom. The van der Waals surface area contributed by atoms with E-state index in [4.69, 9.17) is 5.11 Å². The van der Waals surface area contributed by atoms with Gasteiger partial charge in [-0.1, -0.05) is 57.6 Å². The van der Waals surface area contributed by atoms with Crippen molar-refractivity contribution in [2.75, 3.05) is 0 Å². The lowest BCUT2D eigenvalue weighted by molar-refractivity contribution is -0.143. The molecule has 0 unspecified atom stereocenters. The number of rotatable bonds is 15. The summed E-state index contributed by atoms with van der Waals surface area (Å²) >= 11 is 0. The van der Waals surface area contributed by atoms with Crippen molar-refractivity contribution in [1.82, 2.24) is 5.32 Å². The maximum absolute atomic E-state index is 11.7. The van der Waals surface area contributed by atoms with E-state index in [1.54, 1.807) is 0 Å². The molecular formula is C20H35NO3. The Bertz CT molecular complexity index is 400. The van der Waals surface area contributed by atoms with E-state index in [9.17, 15) is 9.59 Å². The average Bonchev–Trinajstić information content (AvgIpc) is 3.32. The average molecular weight is 338 g/mol. The Labute approximate surface area is 147 Å². The minimum atomic E-state index is -0.931. The lowest BCUT2D eigenvalue weighted by Crippen LogP contribution is -2.42. The molecule has 4 nitrogen and oxygen atoms in total. The molecule has 4 heteroatoms. The third-order valence-corrected chi connectivity index (χ3v) is 4.70. The maximum atomic E-state index is 11.7. The summed E-state index contributed by atoms with van der Waals surface area (Å²) in [5.41, 5.74) is -0.931. The van der Waals surface area contributed by atoms with E-state index >= 15 is 0 Å². The fourth-order valence-electron chi connectivity index (χ4n) is 2.85. The molecule has 0 aromatic rings. The lowest BCUT2D eigenvalue weighted by atomic mass is 10.1. The van der Waals surface area contributed by atoms with Gasteiger partial charge in [0.25, 0.3) is 0 Å². The number of aliphatic carboxylic acids is 1. The van der Waals surface area contributed by atoms with Crippen LogP contribution in [0.5, 0.6) is 0 Å². The van der Waals surface area contributed by atoms with E-state index in [2.05, 4.69) is 24.4 Å². The number of carboxylic acids is 1. The molecule has 0 aromatic heterocycles. The van der Waals surface area contributed by atoms with Crippen molar-refractivity contribution in [3.8, 4) is 0 Å². The number of hydrogen-bond donors (Lipinski definition) is 2. The molecule has 0 spiro atoms. The fourth-order valence-corrected chi connectivity index (χ4v) is 2.85. The smallest absolute Gasteiger partial charge is 0.329 e. The Kier molecular flexibility index (Phi) is 10.4. The van der Waals surface area contributed by atoms with E-state index in [0.29, 0.717) is 19.3 Å². The number of allylic oxidation sites excluding steroid dienone is 2. The van der Waals surface area contributed by atoms with Crippen molar-refractivity contribution in [3.05, 3.63) is 12.2 Å². The Morgan fingerprint density at radius 3 is 2.00 bits per heavy atom. The SMILES string of the molecule is CCCCCCC=CCCCCCCCC(=O)NC1(C(=O)O)CC1. The second-order valence-electron chi connectivity index (χ2n) is 7.06. The molecule has 1 saturated carbocycles. The van der Waals surface area contributed by atoms with E-state index < -0.39 is 11.5 Å². The van der Waals surface area contributed by atoms with Crippen LogP contribution in [0.2, 0.25) is 0 Å².